The third-order valence-corrected chi connectivity index (χ3v) is 5.21. The minimum Gasteiger partial charge on any atom is -0.326 e. The number of amides is 3. The Labute approximate surface area is 148 Å². The second-order valence-electron chi connectivity index (χ2n) is 6.91. The molecule has 0 radical (unpaired) electrons. The maximum atomic E-state index is 12.6. The fraction of sp³-hybridized carbons (Fsp3) is 0.526. The molecule has 3 amide bonds. The predicted molar refractivity (Wildman–Crippen MR) is 93.7 cm³/mol. The zero-order chi connectivity index (χ0) is 17.8. The van der Waals surface area contributed by atoms with Crippen molar-refractivity contribution >= 4 is 11.9 Å². The Morgan fingerprint density at radius 2 is 2.12 bits per heavy atom. The van der Waals surface area contributed by atoms with Crippen LogP contribution in [0.3, 0.4) is 0 Å². The molecule has 0 aliphatic carbocycles. The summed E-state index contributed by atoms with van der Waals surface area (Å²) in [5.74, 6) is 0.188. The van der Waals surface area contributed by atoms with E-state index in [1.807, 2.05) is 36.1 Å². The Hall–Kier alpha value is -2.55. The number of nitrogens with one attached hydrogen (secondary N) is 1. The minimum atomic E-state index is -0.520. The summed E-state index contributed by atoms with van der Waals surface area (Å²) in [6, 6.07) is 11.6. The van der Waals surface area contributed by atoms with Gasteiger partial charge in [0.05, 0.1) is 6.07 Å². The van der Waals surface area contributed by atoms with E-state index in [-0.39, 0.29) is 24.5 Å². The van der Waals surface area contributed by atoms with E-state index in [4.69, 9.17) is 5.26 Å². The first kappa shape index (κ1) is 17.3. The third-order valence-electron chi connectivity index (χ3n) is 5.21. The van der Waals surface area contributed by atoms with Crippen LogP contribution >= 0.6 is 0 Å². The van der Waals surface area contributed by atoms with E-state index in [0.717, 1.165) is 12.8 Å². The number of carbonyl (C=O) groups excluding carboxylic acids is 2. The van der Waals surface area contributed by atoms with Crippen molar-refractivity contribution in [3.8, 4) is 6.07 Å². The maximum absolute atomic E-state index is 12.6. The maximum Gasteiger partial charge on any atom is 0.318 e. The van der Waals surface area contributed by atoms with Crippen LogP contribution in [0.25, 0.3) is 0 Å². The highest BCUT2D eigenvalue weighted by molar-refractivity contribution is 5.89. The molecule has 0 bridgehead atoms. The number of piperidine rings is 1. The van der Waals surface area contributed by atoms with Crippen LogP contribution in [0.4, 0.5) is 4.79 Å². The van der Waals surface area contributed by atoms with E-state index in [9.17, 15) is 9.59 Å². The summed E-state index contributed by atoms with van der Waals surface area (Å²) < 4.78 is 0. The number of hydrogen-bond acceptors (Lipinski definition) is 3. The zero-order valence-corrected chi connectivity index (χ0v) is 14.5. The van der Waals surface area contributed by atoms with Crippen LogP contribution in [0.2, 0.25) is 0 Å². The highest BCUT2D eigenvalue weighted by atomic mass is 16.2. The molecule has 3 unspecified atom stereocenters. The second kappa shape index (κ2) is 7.56. The molecule has 2 aliphatic rings. The summed E-state index contributed by atoms with van der Waals surface area (Å²) in [6.45, 7) is 3.38. The molecule has 1 aromatic carbocycles. The lowest BCUT2D eigenvalue weighted by atomic mass is 9.91. The molecule has 0 saturated carbocycles. The topological polar surface area (TPSA) is 76.4 Å². The number of rotatable bonds is 3. The number of urea groups is 1. The van der Waals surface area contributed by atoms with Gasteiger partial charge in [0.15, 0.2) is 0 Å². The van der Waals surface area contributed by atoms with E-state index >= 15 is 0 Å². The number of carbonyl (C=O) groups is 2. The van der Waals surface area contributed by atoms with Crippen molar-refractivity contribution in [2.45, 2.75) is 44.2 Å². The fourth-order valence-electron chi connectivity index (χ4n) is 3.82. The molecule has 1 N–H and O–H groups in total. The Morgan fingerprint density at radius 1 is 1.36 bits per heavy atom. The molecule has 2 saturated heterocycles. The van der Waals surface area contributed by atoms with Crippen molar-refractivity contribution in [2.75, 3.05) is 19.6 Å². The zero-order valence-electron chi connectivity index (χ0n) is 14.5. The Bertz CT molecular complexity index is 670. The van der Waals surface area contributed by atoms with Crippen LogP contribution in [0, 0.1) is 11.3 Å². The van der Waals surface area contributed by atoms with Crippen LogP contribution in [-0.2, 0) is 4.79 Å². The number of benzene rings is 1. The van der Waals surface area contributed by atoms with Gasteiger partial charge in [-0.25, -0.2) is 4.79 Å². The van der Waals surface area contributed by atoms with Crippen molar-refractivity contribution in [3.05, 3.63) is 35.9 Å². The summed E-state index contributed by atoms with van der Waals surface area (Å²) in [6.07, 6.45) is 2.59. The van der Waals surface area contributed by atoms with E-state index in [1.165, 1.54) is 10.5 Å². The van der Waals surface area contributed by atoms with Crippen molar-refractivity contribution in [1.82, 2.24) is 15.1 Å². The van der Waals surface area contributed by atoms with Gasteiger partial charge in [0.25, 0.3) is 0 Å². The molecule has 6 heteroatoms. The summed E-state index contributed by atoms with van der Waals surface area (Å²) >= 11 is 0. The molecule has 2 fully saturated rings. The summed E-state index contributed by atoms with van der Waals surface area (Å²) in [7, 11) is 0. The lowest BCUT2D eigenvalue weighted by Crippen LogP contribution is -2.50. The lowest BCUT2D eigenvalue weighted by molar-refractivity contribution is -0.129. The first-order chi connectivity index (χ1) is 12.1. The average Bonchev–Trinajstić information content (AvgIpc) is 2.90. The van der Waals surface area contributed by atoms with Crippen molar-refractivity contribution in [2.24, 2.45) is 0 Å². The van der Waals surface area contributed by atoms with Gasteiger partial charge >= 0.3 is 6.03 Å². The van der Waals surface area contributed by atoms with Crippen LogP contribution < -0.4 is 5.32 Å². The van der Waals surface area contributed by atoms with Crippen molar-refractivity contribution < 1.29 is 9.59 Å². The van der Waals surface area contributed by atoms with Crippen LogP contribution in [0.15, 0.2) is 30.3 Å². The molecule has 132 valence electrons. The highest BCUT2D eigenvalue weighted by Gasteiger charge is 2.38. The van der Waals surface area contributed by atoms with Gasteiger partial charge in [0.2, 0.25) is 5.91 Å². The summed E-state index contributed by atoms with van der Waals surface area (Å²) in [5.41, 5.74) is 1.26. The van der Waals surface area contributed by atoms with E-state index in [1.54, 1.807) is 0 Å². The molecule has 25 heavy (non-hydrogen) atoms. The summed E-state index contributed by atoms with van der Waals surface area (Å²) in [4.78, 5) is 28.3. The van der Waals surface area contributed by atoms with Gasteiger partial charge in [-0.3, -0.25) is 4.79 Å². The molecule has 0 aromatic heterocycles. The van der Waals surface area contributed by atoms with Gasteiger partial charge in [-0.05, 0) is 31.7 Å². The molecular weight excluding hydrogens is 316 g/mol. The van der Waals surface area contributed by atoms with Crippen LogP contribution in [0.5, 0.6) is 0 Å². The van der Waals surface area contributed by atoms with E-state index in [2.05, 4.69) is 17.4 Å². The van der Waals surface area contributed by atoms with Gasteiger partial charge < -0.3 is 15.1 Å². The lowest BCUT2D eigenvalue weighted by Gasteiger charge is -2.33. The molecule has 2 aliphatic heterocycles. The minimum absolute atomic E-state index is 0.0177. The smallest absolute Gasteiger partial charge is 0.318 e. The number of hydrogen-bond donors (Lipinski definition) is 1. The van der Waals surface area contributed by atoms with E-state index < -0.39 is 6.04 Å². The molecule has 1 aromatic rings. The van der Waals surface area contributed by atoms with Crippen molar-refractivity contribution in [3.63, 3.8) is 0 Å². The molecule has 3 atom stereocenters. The molecule has 3 rings (SSSR count). The fourth-order valence-corrected chi connectivity index (χ4v) is 3.82. The van der Waals surface area contributed by atoms with Gasteiger partial charge in [0.1, 0.15) is 12.6 Å². The standard InChI is InChI=1S/C19H24N4O2/c1-14-12-17(18(24)23(14)11-9-20)21-19(25)22-10-5-8-16(13-22)15-6-3-2-4-7-15/h2-4,6-7,14,16-17H,5,8,10-13H2,1H3,(H,21,25). The third kappa shape index (κ3) is 3.76. The molecule has 0 spiro atoms. The monoisotopic (exact) mass is 340 g/mol. The largest absolute Gasteiger partial charge is 0.326 e. The number of likely N-dealkylation sites (tertiary alicyclic amines) is 2. The molecule has 2 heterocycles. The Balaban J connectivity index is 1.60. The highest BCUT2D eigenvalue weighted by Crippen LogP contribution is 2.27. The average molecular weight is 340 g/mol. The van der Waals surface area contributed by atoms with E-state index in [0.29, 0.717) is 25.4 Å². The van der Waals surface area contributed by atoms with Gasteiger partial charge in [-0.1, -0.05) is 30.3 Å². The number of nitrogens with zero attached hydrogens (tertiary/aromatic N) is 3. The Kier molecular flexibility index (Phi) is 5.22. The normalized spacial score (nSPS) is 26.4. The van der Waals surface area contributed by atoms with Gasteiger partial charge in [-0.2, -0.15) is 5.26 Å². The van der Waals surface area contributed by atoms with Gasteiger partial charge in [-0.15, -0.1) is 0 Å². The first-order valence-corrected chi connectivity index (χ1v) is 8.88. The Morgan fingerprint density at radius 3 is 2.84 bits per heavy atom. The predicted octanol–water partition coefficient (Wildman–Crippen LogP) is 2.09. The second-order valence-corrected chi connectivity index (χ2v) is 6.91. The van der Waals surface area contributed by atoms with Crippen LogP contribution in [0.1, 0.15) is 37.7 Å². The molecular formula is C19H24N4O2. The van der Waals surface area contributed by atoms with Gasteiger partial charge in [0, 0.05) is 25.0 Å². The number of nitriles is 1. The summed E-state index contributed by atoms with van der Waals surface area (Å²) in [5, 5.41) is 11.7. The van der Waals surface area contributed by atoms with Crippen molar-refractivity contribution in [1.29, 1.82) is 5.26 Å². The van der Waals surface area contributed by atoms with Crippen LogP contribution in [-0.4, -0.2) is 53.5 Å². The first-order valence-electron chi connectivity index (χ1n) is 8.88. The SMILES string of the molecule is CC1CC(NC(=O)N2CCCC(c3ccccc3)C2)C(=O)N1CC#N. The quantitative estimate of drug-likeness (QED) is 0.856. The molecule has 6 nitrogen and oxygen atoms in total.